The number of nitrogens with two attached hydrogens (primary N) is 1. The van der Waals surface area contributed by atoms with Crippen LogP contribution in [0.4, 0.5) is 0 Å². The monoisotopic (exact) mass is 293 g/mol. The van der Waals surface area contributed by atoms with Crippen molar-refractivity contribution in [1.82, 2.24) is 9.78 Å². The van der Waals surface area contributed by atoms with Crippen LogP contribution in [-0.2, 0) is 13.7 Å². The molecular formula is C15H20ClN3O. The summed E-state index contributed by atoms with van der Waals surface area (Å²) in [6, 6.07) is 5.97. The fourth-order valence-corrected chi connectivity index (χ4v) is 2.36. The molecule has 1 aromatic heterocycles. The summed E-state index contributed by atoms with van der Waals surface area (Å²) >= 11 is 6.21. The molecule has 1 heterocycles. The van der Waals surface area contributed by atoms with Crippen LogP contribution in [0.2, 0.25) is 5.15 Å². The third-order valence-corrected chi connectivity index (χ3v) is 3.77. The molecule has 0 saturated heterocycles. The molecular weight excluding hydrogens is 274 g/mol. The molecule has 0 spiro atoms. The maximum Gasteiger partial charge on any atom is 0.133 e. The average Bonchev–Trinajstić information content (AvgIpc) is 2.61. The molecule has 1 unspecified atom stereocenters. The van der Waals surface area contributed by atoms with E-state index in [1.807, 2.05) is 46.0 Å². The maximum absolute atomic E-state index is 6.21. The summed E-state index contributed by atoms with van der Waals surface area (Å²) in [5, 5.41) is 4.89. The molecule has 0 radical (unpaired) electrons. The molecule has 108 valence electrons. The molecule has 2 aromatic rings. The quantitative estimate of drug-likeness (QED) is 0.941. The molecule has 20 heavy (non-hydrogen) atoms. The van der Waals surface area contributed by atoms with E-state index in [0.29, 0.717) is 11.8 Å². The zero-order chi connectivity index (χ0) is 14.9. The second kappa shape index (κ2) is 5.85. The van der Waals surface area contributed by atoms with Crippen LogP contribution in [0.15, 0.2) is 18.2 Å². The van der Waals surface area contributed by atoms with Crippen molar-refractivity contribution >= 4 is 11.6 Å². The van der Waals surface area contributed by atoms with Crippen molar-refractivity contribution in [2.24, 2.45) is 12.8 Å². The summed E-state index contributed by atoms with van der Waals surface area (Å²) in [6.45, 7) is 6.29. The van der Waals surface area contributed by atoms with Crippen LogP contribution >= 0.6 is 11.6 Å². The Labute approximate surface area is 124 Å². The lowest BCUT2D eigenvalue weighted by Crippen LogP contribution is -2.08. The van der Waals surface area contributed by atoms with E-state index in [-0.39, 0.29) is 6.04 Å². The largest absolute Gasteiger partial charge is 0.488 e. The second-order valence-corrected chi connectivity index (χ2v) is 5.46. The van der Waals surface area contributed by atoms with E-state index in [0.717, 1.165) is 28.1 Å². The van der Waals surface area contributed by atoms with Crippen molar-refractivity contribution in [3.05, 3.63) is 45.7 Å². The van der Waals surface area contributed by atoms with Crippen LogP contribution in [0.1, 0.15) is 35.3 Å². The lowest BCUT2D eigenvalue weighted by molar-refractivity contribution is 0.300. The van der Waals surface area contributed by atoms with Crippen LogP contribution in [-0.4, -0.2) is 9.78 Å². The van der Waals surface area contributed by atoms with Crippen molar-refractivity contribution in [3.63, 3.8) is 0 Å². The van der Waals surface area contributed by atoms with Crippen LogP contribution in [0.25, 0.3) is 0 Å². The molecule has 0 bridgehead atoms. The minimum absolute atomic E-state index is 0.0731. The smallest absolute Gasteiger partial charge is 0.133 e. The molecule has 2 N–H and O–H groups in total. The Morgan fingerprint density at radius 1 is 1.40 bits per heavy atom. The molecule has 0 aliphatic carbocycles. The standard InChI is InChI=1S/C15H20ClN3O/c1-9-5-6-12(10(2)17)14(7-9)20-8-13-11(3)18-19(4)15(13)16/h5-7,10H,8,17H2,1-4H3. The van der Waals surface area contributed by atoms with Crippen LogP contribution in [0, 0.1) is 13.8 Å². The van der Waals surface area contributed by atoms with E-state index in [1.54, 1.807) is 4.68 Å². The zero-order valence-electron chi connectivity index (χ0n) is 12.3. The predicted molar refractivity (Wildman–Crippen MR) is 81.1 cm³/mol. The Morgan fingerprint density at radius 2 is 2.10 bits per heavy atom. The highest BCUT2D eigenvalue weighted by atomic mass is 35.5. The van der Waals surface area contributed by atoms with Crippen molar-refractivity contribution in [3.8, 4) is 5.75 Å². The van der Waals surface area contributed by atoms with Gasteiger partial charge in [-0.05, 0) is 32.4 Å². The topological polar surface area (TPSA) is 53.1 Å². The van der Waals surface area contributed by atoms with Crippen LogP contribution in [0.5, 0.6) is 5.75 Å². The van der Waals surface area contributed by atoms with Crippen molar-refractivity contribution in [2.45, 2.75) is 33.4 Å². The Bertz CT molecular complexity index is 620. The molecule has 1 atom stereocenters. The zero-order valence-corrected chi connectivity index (χ0v) is 13.0. The van der Waals surface area contributed by atoms with E-state index < -0.39 is 0 Å². The van der Waals surface area contributed by atoms with Gasteiger partial charge in [-0.15, -0.1) is 0 Å². The molecule has 0 saturated carbocycles. The van der Waals surface area contributed by atoms with E-state index in [2.05, 4.69) is 5.10 Å². The van der Waals surface area contributed by atoms with E-state index in [4.69, 9.17) is 22.1 Å². The molecule has 0 aliphatic rings. The van der Waals surface area contributed by atoms with Gasteiger partial charge < -0.3 is 10.5 Å². The highest BCUT2D eigenvalue weighted by molar-refractivity contribution is 6.30. The van der Waals surface area contributed by atoms with E-state index in [1.165, 1.54) is 0 Å². The van der Waals surface area contributed by atoms with Gasteiger partial charge in [0, 0.05) is 24.2 Å². The number of hydrogen-bond acceptors (Lipinski definition) is 3. The number of rotatable bonds is 4. The fraction of sp³-hybridized carbons (Fsp3) is 0.400. The molecule has 0 amide bonds. The lowest BCUT2D eigenvalue weighted by atomic mass is 10.1. The number of aromatic nitrogens is 2. The van der Waals surface area contributed by atoms with Crippen LogP contribution < -0.4 is 10.5 Å². The molecule has 1 aromatic carbocycles. The van der Waals surface area contributed by atoms with Gasteiger partial charge in [0.25, 0.3) is 0 Å². The van der Waals surface area contributed by atoms with Gasteiger partial charge in [0.2, 0.25) is 0 Å². The summed E-state index contributed by atoms with van der Waals surface area (Å²) in [4.78, 5) is 0. The number of aryl methyl sites for hydroxylation is 3. The minimum Gasteiger partial charge on any atom is -0.488 e. The SMILES string of the molecule is Cc1ccc(C(C)N)c(OCc2c(C)nn(C)c2Cl)c1. The van der Waals surface area contributed by atoms with Gasteiger partial charge in [-0.25, -0.2) is 0 Å². The maximum atomic E-state index is 6.21. The van der Waals surface area contributed by atoms with Crippen LogP contribution in [0.3, 0.4) is 0 Å². The third kappa shape index (κ3) is 2.97. The molecule has 0 fully saturated rings. The van der Waals surface area contributed by atoms with E-state index in [9.17, 15) is 0 Å². The van der Waals surface area contributed by atoms with Crippen molar-refractivity contribution in [2.75, 3.05) is 0 Å². The Morgan fingerprint density at radius 3 is 2.65 bits per heavy atom. The summed E-state index contributed by atoms with van der Waals surface area (Å²) in [6.07, 6.45) is 0. The van der Waals surface area contributed by atoms with Gasteiger partial charge >= 0.3 is 0 Å². The molecule has 2 rings (SSSR count). The number of nitrogens with zero attached hydrogens (tertiary/aromatic N) is 2. The molecule has 4 nitrogen and oxygen atoms in total. The van der Waals surface area contributed by atoms with Crippen molar-refractivity contribution < 1.29 is 4.74 Å². The fourth-order valence-electron chi connectivity index (χ4n) is 2.13. The van der Waals surface area contributed by atoms with Gasteiger partial charge in [0.1, 0.15) is 17.5 Å². The Kier molecular flexibility index (Phi) is 4.35. The normalized spacial score (nSPS) is 12.5. The molecule has 0 aliphatic heterocycles. The first-order valence-corrected chi connectivity index (χ1v) is 6.95. The number of halogens is 1. The number of hydrogen-bond donors (Lipinski definition) is 1. The first-order chi connectivity index (χ1) is 9.40. The van der Waals surface area contributed by atoms with Crippen molar-refractivity contribution in [1.29, 1.82) is 0 Å². The van der Waals surface area contributed by atoms with Gasteiger partial charge in [0.15, 0.2) is 0 Å². The number of benzene rings is 1. The highest BCUT2D eigenvalue weighted by Gasteiger charge is 2.14. The molecule has 5 heteroatoms. The predicted octanol–water partition coefficient (Wildman–Crippen LogP) is 3.29. The van der Waals surface area contributed by atoms with Gasteiger partial charge in [-0.1, -0.05) is 23.7 Å². The Hall–Kier alpha value is -1.52. The average molecular weight is 294 g/mol. The van der Waals surface area contributed by atoms with Gasteiger partial charge in [-0.3, -0.25) is 4.68 Å². The second-order valence-electron chi connectivity index (χ2n) is 5.10. The lowest BCUT2D eigenvalue weighted by Gasteiger charge is -2.14. The summed E-state index contributed by atoms with van der Waals surface area (Å²) in [5.41, 5.74) is 9.90. The Balaban J connectivity index is 2.24. The van der Waals surface area contributed by atoms with Gasteiger partial charge in [-0.2, -0.15) is 5.10 Å². The third-order valence-electron chi connectivity index (χ3n) is 3.30. The highest BCUT2D eigenvalue weighted by Crippen LogP contribution is 2.27. The van der Waals surface area contributed by atoms with E-state index >= 15 is 0 Å². The minimum atomic E-state index is -0.0731. The summed E-state index contributed by atoms with van der Waals surface area (Å²) in [7, 11) is 1.82. The number of ether oxygens (including phenoxy) is 1. The summed E-state index contributed by atoms with van der Waals surface area (Å²) in [5.74, 6) is 0.805. The first kappa shape index (κ1) is 14.9. The van der Waals surface area contributed by atoms with Gasteiger partial charge in [0.05, 0.1) is 5.69 Å². The first-order valence-electron chi connectivity index (χ1n) is 6.57. The summed E-state index contributed by atoms with van der Waals surface area (Å²) < 4.78 is 7.57.